The van der Waals surface area contributed by atoms with Gasteiger partial charge in [-0.05, 0) is 12.1 Å². The van der Waals surface area contributed by atoms with Crippen LogP contribution in [-0.4, -0.2) is 17.6 Å². The number of primary amides is 1. The van der Waals surface area contributed by atoms with E-state index in [-0.39, 0.29) is 18.1 Å². The third kappa shape index (κ3) is 2.82. The monoisotopic (exact) mass is 217 g/mol. The number of rotatable bonds is 4. The average molecular weight is 218 g/mol. The smallest absolute Gasteiger partial charge is 0.222 e. The lowest BCUT2D eigenvalue weighted by molar-refractivity contribution is -0.117. The van der Waals surface area contributed by atoms with E-state index < -0.39 is 5.91 Å². The van der Waals surface area contributed by atoms with Gasteiger partial charge in [-0.25, -0.2) is 0 Å². The molecule has 0 aromatic carbocycles. The summed E-state index contributed by atoms with van der Waals surface area (Å²) in [5.41, 5.74) is 5.00. The molecule has 1 aromatic heterocycles. The summed E-state index contributed by atoms with van der Waals surface area (Å²) in [5.74, 6) is -0.551. The van der Waals surface area contributed by atoms with E-state index in [0.29, 0.717) is 4.88 Å². The summed E-state index contributed by atoms with van der Waals surface area (Å²) in [6.45, 7) is 0. The first kappa shape index (κ1) is 10.2. The molecule has 2 N–H and O–H groups in total. The molecule has 0 atom stereocenters. The van der Waals surface area contributed by atoms with Crippen LogP contribution in [0.15, 0.2) is 12.1 Å². The average Bonchev–Trinajstić information content (AvgIpc) is 2.50. The van der Waals surface area contributed by atoms with Gasteiger partial charge in [0.15, 0.2) is 5.78 Å². The lowest BCUT2D eigenvalue weighted by Gasteiger charge is -1.89. The van der Waals surface area contributed by atoms with Crippen molar-refractivity contribution < 1.29 is 9.59 Å². The normalized spacial score (nSPS) is 9.92. The van der Waals surface area contributed by atoms with Crippen LogP contribution in [0.1, 0.15) is 14.5 Å². The van der Waals surface area contributed by atoms with Gasteiger partial charge in [0.05, 0.1) is 17.2 Å². The highest BCUT2D eigenvalue weighted by Gasteiger charge is 2.08. The van der Waals surface area contributed by atoms with E-state index in [4.69, 9.17) is 17.3 Å². The van der Waals surface area contributed by atoms with Crippen molar-refractivity contribution in [1.82, 2.24) is 0 Å². The number of carbonyl (C=O) groups is 2. The van der Waals surface area contributed by atoms with Crippen molar-refractivity contribution >= 4 is 34.6 Å². The molecule has 0 spiro atoms. The summed E-state index contributed by atoms with van der Waals surface area (Å²) < 4.78 is 0. The molecule has 5 heteroatoms. The molecule has 0 radical (unpaired) electrons. The number of thiophene rings is 1. The Morgan fingerprint density at radius 2 is 2.15 bits per heavy atom. The fourth-order valence-electron chi connectivity index (χ4n) is 0.860. The fraction of sp³-hybridized carbons (Fsp3) is 0.250. The number of carbonyl (C=O) groups excluding carboxylic acids is 2. The summed E-state index contributed by atoms with van der Waals surface area (Å²) in [7, 11) is 0. The molecule has 1 amide bonds. The van der Waals surface area contributed by atoms with Gasteiger partial charge in [0.2, 0.25) is 5.91 Å². The van der Waals surface area contributed by atoms with Crippen LogP contribution >= 0.6 is 22.9 Å². The lowest BCUT2D eigenvalue weighted by Crippen LogP contribution is -2.12. The van der Waals surface area contributed by atoms with Gasteiger partial charge >= 0.3 is 0 Å². The Balaban J connectivity index is 2.74. The molecule has 1 aromatic rings. The zero-order chi connectivity index (χ0) is 9.84. The standard InChI is InChI=1S/C8H8ClNO2S/c9-4-6(11)7-2-1-5(13-7)3-8(10)12/h1-2H,3-4H2,(H2,10,12). The second kappa shape index (κ2) is 4.39. The zero-order valence-electron chi connectivity index (χ0n) is 6.75. The Bertz CT molecular complexity index is 335. The third-order valence-corrected chi connectivity index (χ3v) is 2.78. The summed E-state index contributed by atoms with van der Waals surface area (Å²) in [4.78, 5) is 23.0. The molecule has 0 saturated heterocycles. The molecule has 0 aliphatic heterocycles. The van der Waals surface area contributed by atoms with Crippen LogP contribution < -0.4 is 5.73 Å². The molecule has 0 unspecified atom stereocenters. The number of Topliss-reactive ketones (excluding diaryl/α,β-unsaturated/α-hetero) is 1. The zero-order valence-corrected chi connectivity index (χ0v) is 8.32. The van der Waals surface area contributed by atoms with Gasteiger partial charge in [0, 0.05) is 4.88 Å². The predicted octanol–water partition coefficient (Wildman–Crippen LogP) is 1.20. The minimum Gasteiger partial charge on any atom is -0.369 e. The number of hydrogen-bond acceptors (Lipinski definition) is 3. The van der Waals surface area contributed by atoms with Crippen LogP contribution in [-0.2, 0) is 11.2 Å². The number of halogens is 1. The number of ketones is 1. The SMILES string of the molecule is NC(=O)Cc1ccc(C(=O)CCl)s1. The molecule has 1 rings (SSSR count). The first-order chi connectivity index (χ1) is 6.13. The molecule has 13 heavy (non-hydrogen) atoms. The Hall–Kier alpha value is -0.870. The van der Waals surface area contributed by atoms with Crippen molar-refractivity contribution in [2.24, 2.45) is 5.73 Å². The first-order valence-corrected chi connectivity index (χ1v) is 4.94. The van der Waals surface area contributed by atoms with E-state index in [0.717, 1.165) is 4.88 Å². The highest BCUT2D eigenvalue weighted by atomic mass is 35.5. The number of nitrogens with two attached hydrogens (primary N) is 1. The Morgan fingerprint density at radius 1 is 1.46 bits per heavy atom. The van der Waals surface area contributed by atoms with Gasteiger partial charge in [0.1, 0.15) is 0 Å². The molecule has 0 saturated carbocycles. The molecule has 70 valence electrons. The fourth-order valence-corrected chi connectivity index (χ4v) is 2.04. The van der Waals surface area contributed by atoms with Crippen LogP contribution in [0.4, 0.5) is 0 Å². The van der Waals surface area contributed by atoms with Crippen molar-refractivity contribution in [2.45, 2.75) is 6.42 Å². The summed E-state index contributed by atoms with van der Waals surface area (Å²) >= 11 is 6.63. The van der Waals surface area contributed by atoms with Crippen LogP contribution in [0.3, 0.4) is 0 Å². The minimum absolute atomic E-state index is 0.0312. The number of alkyl halides is 1. The van der Waals surface area contributed by atoms with Crippen LogP contribution in [0, 0.1) is 0 Å². The van der Waals surface area contributed by atoms with Crippen molar-refractivity contribution in [1.29, 1.82) is 0 Å². The topological polar surface area (TPSA) is 60.2 Å². The van der Waals surface area contributed by atoms with E-state index >= 15 is 0 Å². The molecular weight excluding hydrogens is 210 g/mol. The minimum atomic E-state index is -0.397. The first-order valence-electron chi connectivity index (χ1n) is 3.59. The maximum Gasteiger partial charge on any atom is 0.222 e. The maximum atomic E-state index is 11.1. The van der Waals surface area contributed by atoms with Gasteiger partial charge in [-0.15, -0.1) is 22.9 Å². The van der Waals surface area contributed by atoms with Crippen molar-refractivity contribution in [3.05, 3.63) is 21.9 Å². The molecule has 0 bridgehead atoms. The molecule has 1 heterocycles. The molecule has 3 nitrogen and oxygen atoms in total. The van der Waals surface area contributed by atoms with E-state index in [1.807, 2.05) is 0 Å². The Kier molecular flexibility index (Phi) is 3.45. The van der Waals surface area contributed by atoms with Crippen LogP contribution in [0.25, 0.3) is 0 Å². The number of amides is 1. The highest BCUT2D eigenvalue weighted by molar-refractivity contribution is 7.14. The van der Waals surface area contributed by atoms with E-state index in [2.05, 4.69) is 0 Å². The van der Waals surface area contributed by atoms with Gasteiger partial charge in [-0.2, -0.15) is 0 Å². The Morgan fingerprint density at radius 3 is 2.69 bits per heavy atom. The van der Waals surface area contributed by atoms with Crippen molar-refractivity contribution in [2.75, 3.05) is 5.88 Å². The highest BCUT2D eigenvalue weighted by Crippen LogP contribution is 2.17. The van der Waals surface area contributed by atoms with E-state index in [9.17, 15) is 9.59 Å². The summed E-state index contributed by atoms with van der Waals surface area (Å²) in [5, 5.41) is 0. The van der Waals surface area contributed by atoms with Gasteiger partial charge in [0.25, 0.3) is 0 Å². The summed E-state index contributed by atoms with van der Waals surface area (Å²) in [6, 6.07) is 3.38. The van der Waals surface area contributed by atoms with Crippen LogP contribution in [0.2, 0.25) is 0 Å². The summed E-state index contributed by atoms with van der Waals surface area (Å²) in [6.07, 6.45) is 0.181. The molecule has 0 aliphatic rings. The largest absolute Gasteiger partial charge is 0.369 e. The third-order valence-electron chi connectivity index (χ3n) is 1.41. The second-order valence-electron chi connectivity index (χ2n) is 2.47. The number of hydrogen-bond donors (Lipinski definition) is 1. The van der Waals surface area contributed by atoms with Gasteiger partial charge in [-0.3, -0.25) is 9.59 Å². The van der Waals surface area contributed by atoms with Gasteiger partial charge in [-0.1, -0.05) is 0 Å². The van der Waals surface area contributed by atoms with E-state index in [1.54, 1.807) is 12.1 Å². The van der Waals surface area contributed by atoms with Crippen LogP contribution in [0.5, 0.6) is 0 Å². The Labute approximate surface area is 84.5 Å². The van der Waals surface area contributed by atoms with E-state index in [1.165, 1.54) is 11.3 Å². The molecule has 0 aliphatic carbocycles. The van der Waals surface area contributed by atoms with Crippen molar-refractivity contribution in [3.63, 3.8) is 0 Å². The second-order valence-corrected chi connectivity index (χ2v) is 3.90. The van der Waals surface area contributed by atoms with Gasteiger partial charge < -0.3 is 5.73 Å². The maximum absolute atomic E-state index is 11.1. The quantitative estimate of drug-likeness (QED) is 0.609. The predicted molar refractivity (Wildman–Crippen MR) is 52.3 cm³/mol. The molecular formula is C8H8ClNO2S. The lowest BCUT2D eigenvalue weighted by atomic mass is 10.3. The van der Waals surface area contributed by atoms with Crippen molar-refractivity contribution in [3.8, 4) is 0 Å². The molecule has 0 fully saturated rings.